The summed E-state index contributed by atoms with van der Waals surface area (Å²) in [7, 11) is -2.26. The van der Waals surface area contributed by atoms with Crippen LogP contribution in [0.1, 0.15) is 5.56 Å². The molecule has 0 bridgehead atoms. The van der Waals surface area contributed by atoms with Gasteiger partial charge in [-0.3, -0.25) is 4.98 Å². The molecule has 0 aromatic carbocycles. The zero-order chi connectivity index (χ0) is 9.19. The molecule has 0 fully saturated rings. The Labute approximate surface area is 72.4 Å². The number of pyridine rings is 1. The minimum atomic E-state index is -2.26. The number of aromatic nitrogens is 1. The maximum absolute atomic E-state index is 11.7. The van der Waals surface area contributed by atoms with Crippen LogP contribution >= 0.6 is 7.14 Å². The van der Waals surface area contributed by atoms with Gasteiger partial charge in [-0.1, -0.05) is 6.07 Å². The van der Waals surface area contributed by atoms with Gasteiger partial charge < -0.3 is 10.3 Å². The van der Waals surface area contributed by atoms with Crippen molar-refractivity contribution in [2.45, 2.75) is 6.54 Å². The topological polar surface area (TPSA) is 56.0 Å². The molecule has 0 saturated carbocycles. The smallest absolute Gasteiger partial charge is 0.127 e. The molecule has 66 valence electrons. The number of nitrogens with two attached hydrogens (primary N) is 1. The predicted molar refractivity (Wildman–Crippen MR) is 51.2 cm³/mol. The Hall–Kier alpha value is -0.660. The van der Waals surface area contributed by atoms with Crippen LogP contribution < -0.4 is 11.2 Å². The van der Waals surface area contributed by atoms with E-state index in [0.717, 1.165) is 5.56 Å². The molecular formula is C8H13N2OP. The van der Waals surface area contributed by atoms with Gasteiger partial charge in [-0.15, -0.1) is 0 Å². The first-order chi connectivity index (χ1) is 5.55. The third-order valence-corrected chi connectivity index (χ3v) is 3.02. The molecule has 0 radical (unpaired) electrons. The summed E-state index contributed by atoms with van der Waals surface area (Å²) in [5.74, 6) is 0. The van der Waals surface area contributed by atoms with Crippen molar-refractivity contribution in [2.75, 3.05) is 13.3 Å². The van der Waals surface area contributed by atoms with Crippen LogP contribution in [0.5, 0.6) is 0 Å². The summed E-state index contributed by atoms with van der Waals surface area (Å²) >= 11 is 0. The van der Waals surface area contributed by atoms with Crippen molar-refractivity contribution in [1.29, 1.82) is 0 Å². The van der Waals surface area contributed by atoms with Crippen molar-refractivity contribution in [3.63, 3.8) is 0 Å². The second-order valence-corrected chi connectivity index (χ2v) is 6.17. The first kappa shape index (κ1) is 9.43. The Bertz CT molecular complexity index is 319. The summed E-state index contributed by atoms with van der Waals surface area (Å²) in [6, 6.07) is 3.67. The fourth-order valence-electron chi connectivity index (χ4n) is 1.07. The van der Waals surface area contributed by atoms with Gasteiger partial charge in [0.1, 0.15) is 12.6 Å². The molecule has 0 amide bonds. The van der Waals surface area contributed by atoms with Crippen LogP contribution in [0, 0.1) is 0 Å². The summed E-state index contributed by atoms with van der Waals surface area (Å²) < 4.78 is 11.7. The molecule has 1 aromatic heterocycles. The highest BCUT2D eigenvalue weighted by atomic mass is 31.2. The number of hydrogen-bond donors (Lipinski definition) is 1. The summed E-state index contributed by atoms with van der Waals surface area (Å²) in [6.45, 7) is 3.80. The highest BCUT2D eigenvalue weighted by molar-refractivity contribution is 7.70. The molecule has 1 rings (SSSR count). The van der Waals surface area contributed by atoms with E-state index in [9.17, 15) is 4.57 Å². The zero-order valence-corrected chi connectivity index (χ0v) is 8.21. The standard InChI is InChI=1S/C8H13N2OP/c1-12(2,11)8-7(6-9)4-3-5-10-8/h3-5H,6,9H2,1-2H3. The summed E-state index contributed by atoms with van der Waals surface area (Å²) in [6.07, 6.45) is 1.65. The van der Waals surface area contributed by atoms with Crippen molar-refractivity contribution in [3.05, 3.63) is 23.9 Å². The predicted octanol–water partition coefficient (Wildman–Crippen LogP) is 0.788. The van der Waals surface area contributed by atoms with Crippen molar-refractivity contribution < 1.29 is 4.57 Å². The second kappa shape index (κ2) is 3.38. The van der Waals surface area contributed by atoms with Crippen molar-refractivity contribution in [2.24, 2.45) is 5.73 Å². The van der Waals surface area contributed by atoms with Crippen molar-refractivity contribution in [3.8, 4) is 0 Å². The highest BCUT2D eigenvalue weighted by Crippen LogP contribution is 2.34. The molecular weight excluding hydrogens is 171 g/mol. The zero-order valence-electron chi connectivity index (χ0n) is 7.32. The van der Waals surface area contributed by atoms with Crippen LogP contribution in [0.15, 0.2) is 18.3 Å². The minimum Gasteiger partial charge on any atom is -0.326 e. The Balaban J connectivity index is 3.23. The van der Waals surface area contributed by atoms with E-state index in [4.69, 9.17) is 5.73 Å². The molecule has 12 heavy (non-hydrogen) atoms. The van der Waals surface area contributed by atoms with E-state index in [-0.39, 0.29) is 0 Å². The van der Waals surface area contributed by atoms with Crippen molar-refractivity contribution >= 4 is 12.6 Å². The fourth-order valence-corrected chi connectivity index (χ4v) is 2.28. The lowest BCUT2D eigenvalue weighted by molar-refractivity contribution is 0.587. The second-order valence-electron chi connectivity index (χ2n) is 3.04. The van der Waals surface area contributed by atoms with E-state index in [1.54, 1.807) is 25.6 Å². The van der Waals surface area contributed by atoms with Gasteiger partial charge in [0.15, 0.2) is 0 Å². The quantitative estimate of drug-likeness (QED) is 0.691. The van der Waals surface area contributed by atoms with E-state index in [2.05, 4.69) is 4.98 Å². The monoisotopic (exact) mass is 184 g/mol. The van der Waals surface area contributed by atoms with Crippen LogP contribution in [0.25, 0.3) is 0 Å². The Morgan fingerprint density at radius 3 is 2.67 bits per heavy atom. The molecule has 4 heteroatoms. The lowest BCUT2D eigenvalue weighted by atomic mass is 10.3. The van der Waals surface area contributed by atoms with Gasteiger partial charge in [0.25, 0.3) is 0 Å². The molecule has 0 aliphatic rings. The molecule has 2 N–H and O–H groups in total. The van der Waals surface area contributed by atoms with Gasteiger partial charge in [-0.05, 0) is 25.0 Å². The van der Waals surface area contributed by atoms with E-state index in [1.807, 2.05) is 6.07 Å². The van der Waals surface area contributed by atoms with E-state index >= 15 is 0 Å². The van der Waals surface area contributed by atoms with Crippen LogP contribution in [0.2, 0.25) is 0 Å². The third kappa shape index (κ3) is 1.93. The Kier molecular flexibility index (Phi) is 2.65. The van der Waals surface area contributed by atoms with Gasteiger partial charge in [-0.25, -0.2) is 0 Å². The SMILES string of the molecule is CP(C)(=O)c1ncccc1CN. The van der Waals surface area contributed by atoms with Gasteiger partial charge in [0.2, 0.25) is 0 Å². The van der Waals surface area contributed by atoms with E-state index in [0.29, 0.717) is 12.0 Å². The maximum Gasteiger partial charge on any atom is 0.127 e. The van der Waals surface area contributed by atoms with Crippen LogP contribution in [-0.4, -0.2) is 18.3 Å². The van der Waals surface area contributed by atoms with Crippen LogP contribution in [0.3, 0.4) is 0 Å². The molecule has 0 atom stereocenters. The van der Waals surface area contributed by atoms with Gasteiger partial charge >= 0.3 is 0 Å². The first-order valence-corrected chi connectivity index (χ1v) is 6.35. The molecule has 0 spiro atoms. The first-order valence-electron chi connectivity index (χ1n) is 3.75. The molecule has 1 aromatic rings. The van der Waals surface area contributed by atoms with Gasteiger partial charge in [-0.2, -0.15) is 0 Å². The summed E-state index contributed by atoms with van der Waals surface area (Å²) in [5, 5.41) is 0. The summed E-state index contributed by atoms with van der Waals surface area (Å²) in [5.41, 5.74) is 7.03. The van der Waals surface area contributed by atoms with E-state index < -0.39 is 7.14 Å². The number of rotatable bonds is 2. The largest absolute Gasteiger partial charge is 0.326 e. The number of hydrogen-bond acceptors (Lipinski definition) is 3. The molecule has 0 aliphatic carbocycles. The van der Waals surface area contributed by atoms with Crippen molar-refractivity contribution in [1.82, 2.24) is 4.98 Å². The normalized spacial score (nSPS) is 11.6. The average molecular weight is 184 g/mol. The van der Waals surface area contributed by atoms with Crippen LogP contribution in [-0.2, 0) is 11.1 Å². The fraction of sp³-hybridized carbons (Fsp3) is 0.375. The third-order valence-electron chi connectivity index (χ3n) is 1.60. The Morgan fingerprint density at radius 2 is 2.25 bits per heavy atom. The maximum atomic E-state index is 11.7. The van der Waals surface area contributed by atoms with Crippen LogP contribution in [0.4, 0.5) is 0 Å². The summed E-state index contributed by atoms with van der Waals surface area (Å²) in [4.78, 5) is 4.08. The minimum absolute atomic E-state index is 0.398. The number of nitrogens with zero attached hydrogens (tertiary/aromatic N) is 1. The molecule has 1 heterocycles. The molecule has 0 saturated heterocycles. The lowest BCUT2D eigenvalue weighted by Crippen LogP contribution is -2.16. The van der Waals surface area contributed by atoms with Gasteiger partial charge in [0, 0.05) is 12.7 Å². The lowest BCUT2D eigenvalue weighted by Gasteiger charge is -2.09. The Morgan fingerprint density at radius 1 is 1.58 bits per heavy atom. The molecule has 0 aliphatic heterocycles. The van der Waals surface area contributed by atoms with Gasteiger partial charge in [0.05, 0.1) is 0 Å². The molecule has 3 nitrogen and oxygen atoms in total. The van der Waals surface area contributed by atoms with E-state index in [1.165, 1.54) is 0 Å². The average Bonchev–Trinajstić information content (AvgIpc) is 2.03. The highest BCUT2D eigenvalue weighted by Gasteiger charge is 2.15. The molecule has 0 unspecified atom stereocenters.